The zero-order chi connectivity index (χ0) is 25.2. The molecule has 0 bridgehead atoms. The third-order valence-electron chi connectivity index (χ3n) is 7.06. The van der Waals surface area contributed by atoms with E-state index in [1.807, 2.05) is 30.1 Å². The van der Waals surface area contributed by atoms with Crippen LogP contribution in [0.2, 0.25) is 0 Å². The Labute approximate surface area is 212 Å². The van der Waals surface area contributed by atoms with Crippen LogP contribution in [0.3, 0.4) is 0 Å². The summed E-state index contributed by atoms with van der Waals surface area (Å²) in [5, 5.41) is 13.3. The highest BCUT2D eigenvalue weighted by Gasteiger charge is 2.33. The predicted octanol–water partition coefficient (Wildman–Crippen LogP) is 6.29. The maximum Gasteiger partial charge on any atom is 0.328 e. The van der Waals surface area contributed by atoms with Crippen molar-refractivity contribution in [3.05, 3.63) is 113 Å². The maximum atomic E-state index is 10.9. The number of carboxylic acids is 1. The number of hydrogen-bond donors (Lipinski definition) is 1. The molecule has 0 radical (unpaired) electrons. The predicted molar refractivity (Wildman–Crippen MR) is 145 cm³/mol. The van der Waals surface area contributed by atoms with Gasteiger partial charge in [-0.05, 0) is 71.4 Å². The lowest BCUT2D eigenvalue weighted by Crippen LogP contribution is -2.42. The van der Waals surface area contributed by atoms with Crippen LogP contribution >= 0.6 is 0 Å². The lowest BCUT2D eigenvalue weighted by atomic mass is 9.83. The van der Waals surface area contributed by atoms with Gasteiger partial charge in [0.25, 0.3) is 0 Å². The quantitative estimate of drug-likeness (QED) is 0.332. The van der Waals surface area contributed by atoms with Gasteiger partial charge in [0.05, 0.1) is 12.2 Å². The minimum Gasteiger partial charge on any atom is -0.478 e. The van der Waals surface area contributed by atoms with Gasteiger partial charge in [0.1, 0.15) is 0 Å². The van der Waals surface area contributed by atoms with E-state index in [1.54, 1.807) is 6.08 Å². The highest BCUT2D eigenvalue weighted by Crippen LogP contribution is 2.42. The van der Waals surface area contributed by atoms with Gasteiger partial charge in [-0.3, -0.25) is 4.68 Å². The first-order valence-corrected chi connectivity index (χ1v) is 12.4. The molecule has 3 aromatic carbocycles. The van der Waals surface area contributed by atoms with E-state index >= 15 is 0 Å². The SMILES string of the molecule is CCc1ccc(N2C(C)Cc3cc(-c4cnn(C)c4)ccc3[C@@H]2c2ccc(/C=C/C(=O)O)cc2)cc1. The largest absolute Gasteiger partial charge is 0.478 e. The van der Waals surface area contributed by atoms with Gasteiger partial charge in [-0.1, -0.05) is 61.5 Å². The van der Waals surface area contributed by atoms with Crippen LogP contribution in [-0.4, -0.2) is 26.9 Å². The van der Waals surface area contributed by atoms with Crippen LogP contribution in [-0.2, 0) is 24.7 Å². The number of nitrogens with zero attached hydrogens (tertiary/aromatic N) is 3. The van der Waals surface area contributed by atoms with Crippen LogP contribution in [0.15, 0.2) is 85.2 Å². The average Bonchev–Trinajstić information content (AvgIpc) is 3.33. The van der Waals surface area contributed by atoms with Crippen molar-refractivity contribution < 1.29 is 9.90 Å². The second kappa shape index (κ2) is 9.86. The number of carboxylic acid groups (broad SMARTS) is 1. The van der Waals surface area contributed by atoms with E-state index in [4.69, 9.17) is 5.11 Å². The number of benzene rings is 3. The molecule has 5 nitrogen and oxygen atoms in total. The molecule has 1 aliphatic rings. The standard InChI is InChI=1S/C31H31N3O2/c1-4-22-7-13-28(14-8-22)34-21(2)17-26-18-25(27-19-32-33(3)20-27)12-15-29(26)31(34)24-10-5-23(6-11-24)9-16-30(35)36/h5-16,18-21,31H,4,17H2,1-3H3,(H,35,36)/b16-9+/t21?,31-/m0/s1. The summed E-state index contributed by atoms with van der Waals surface area (Å²) >= 11 is 0. The summed E-state index contributed by atoms with van der Waals surface area (Å²) in [6, 6.07) is 24.3. The molecular weight excluding hydrogens is 446 g/mol. The number of aryl methyl sites for hydroxylation is 2. The molecule has 0 amide bonds. The molecule has 1 unspecified atom stereocenters. The minimum atomic E-state index is -0.944. The molecule has 36 heavy (non-hydrogen) atoms. The first-order valence-electron chi connectivity index (χ1n) is 12.4. The second-order valence-corrected chi connectivity index (χ2v) is 9.54. The van der Waals surface area contributed by atoms with Crippen molar-refractivity contribution in [1.82, 2.24) is 9.78 Å². The summed E-state index contributed by atoms with van der Waals surface area (Å²) in [6.07, 6.45) is 8.74. The van der Waals surface area contributed by atoms with E-state index in [-0.39, 0.29) is 6.04 Å². The number of anilines is 1. The molecule has 1 aliphatic heterocycles. The zero-order valence-electron chi connectivity index (χ0n) is 20.9. The Morgan fingerprint density at radius 1 is 1.06 bits per heavy atom. The van der Waals surface area contributed by atoms with Gasteiger partial charge in [0.2, 0.25) is 0 Å². The first-order chi connectivity index (χ1) is 17.4. The topological polar surface area (TPSA) is 58.4 Å². The molecule has 5 rings (SSSR count). The maximum absolute atomic E-state index is 10.9. The lowest BCUT2D eigenvalue weighted by molar-refractivity contribution is -0.131. The highest BCUT2D eigenvalue weighted by atomic mass is 16.4. The van der Waals surface area contributed by atoms with Gasteiger partial charge < -0.3 is 10.0 Å². The number of rotatable bonds is 6. The molecule has 5 heteroatoms. The van der Waals surface area contributed by atoms with Crippen molar-refractivity contribution in [2.24, 2.45) is 7.05 Å². The van der Waals surface area contributed by atoms with E-state index < -0.39 is 5.97 Å². The van der Waals surface area contributed by atoms with E-state index in [0.717, 1.165) is 24.0 Å². The monoisotopic (exact) mass is 477 g/mol. The fraction of sp³-hybridized carbons (Fsp3) is 0.226. The normalized spacial score (nSPS) is 17.4. The van der Waals surface area contributed by atoms with Gasteiger partial charge >= 0.3 is 5.97 Å². The number of hydrogen-bond acceptors (Lipinski definition) is 3. The van der Waals surface area contributed by atoms with Gasteiger partial charge in [-0.25, -0.2) is 4.79 Å². The summed E-state index contributed by atoms with van der Waals surface area (Å²) in [4.78, 5) is 13.5. The Balaban J connectivity index is 1.60. The molecule has 0 spiro atoms. The number of aliphatic carboxylic acids is 1. The van der Waals surface area contributed by atoms with Crippen molar-refractivity contribution >= 4 is 17.7 Å². The van der Waals surface area contributed by atoms with Crippen molar-refractivity contribution in [3.63, 3.8) is 0 Å². The van der Waals surface area contributed by atoms with E-state index in [0.29, 0.717) is 6.04 Å². The molecule has 0 saturated carbocycles. The highest BCUT2D eigenvalue weighted by molar-refractivity contribution is 5.85. The number of fused-ring (bicyclic) bond motifs is 1. The summed E-state index contributed by atoms with van der Waals surface area (Å²) < 4.78 is 1.84. The van der Waals surface area contributed by atoms with Gasteiger partial charge in [0, 0.05) is 36.6 Å². The van der Waals surface area contributed by atoms with E-state index in [2.05, 4.69) is 84.6 Å². The Bertz CT molecular complexity index is 1400. The molecular formula is C31H31N3O2. The lowest BCUT2D eigenvalue weighted by Gasteiger charge is -2.44. The molecule has 0 fully saturated rings. The molecule has 2 atom stereocenters. The molecule has 1 N–H and O–H groups in total. The minimum absolute atomic E-state index is 0.0525. The number of aromatic nitrogens is 2. The summed E-state index contributed by atoms with van der Waals surface area (Å²) in [6.45, 7) is 4.47. The molecule has 2 heterocycles. The van der Waals surface area contributed by atoms with Crippen LogP contribution in [0.5, 0.6) is 0 Å². The van der Waals surface area contributed by atoms with Gasteiger partial charge in [-0.15, -0.1) is 0 Å². The van der Waals surface area contributed by atoms with Crippen molar-refractivity contribution in [1.29, 1.82) is 0 Å². The first kappa shape index (κ1) is 23.6. The molecule has 182 valence electrons. The Morgan fingerprint density at radius 2 is 1.81 bits per heavy atom. The Hall–Kier alpha value is -4.12. The van der Waals surface area contributed by atoms with Crippen molar-refractivity contribution in [2.45, 2.75) is 38.8 Å². The van der Waals surface area contributed by atoms with Gasteiger partial charge in [0.15, 0.2) is 0 Å². The Morgan fingerprint density at radius 3 is 2.44 bits per heavy atom. The third-order valence-corrected chi connectivity index (χ3v) is 7.06. The molecule has 4 aromatic rings. The second-order valence-electron chi connectivity index (χ2n) is 9.54. The fourth-order valence-corrected chi connectivity index (χ4v) is 5.22. The molecule has 0 aliphatic carbocycles. The van der Waals surface area contributed by atoms with Crippen LogP contribution in [0.4, 0.5) is 5.69 Å². The average molecular weight is 478 g/mol. The van der Waals surface area contributed by atoms with Crippen LogP contribution in [0, 0.1) is 0 Å². The fourth-order valence-electron chi connectivity index (χ4n) is 5.22. The van der Waals surface area contributed by atoms with E-state index in [9.17, 15) is 4.79 Å². The smallest absolute Gasteiger partial charge is 0.328 e. The molecule has 0 saturated heterocycles. The van der Waals surface area contributed by atoms with Crippen LogP contribution in [0.1, 0.15) is 47.7 Å². The van der Waals surface area contributed by atoms with E-state index in [1.165, 1.54) is 39.6 Å². The molecule has 1 aromatic heterocycles. The van der Waals surface area contributed by atoms with Crippen LogP contribution in [0.25, 0.3) is 17.2 Å². The van der Waals surface area contributed by atoms with Crippen LogP contribution < -0.4 is 4.90 Å². The summed E-state index contributed by atoms with van der Waals surface area (Å²) in [7, 11) is 1.94. The zero-order valence-corrected chi connectivity index (χ0v) is 20.9. The Kier molecular flexibility index (Phi) is 6.47. The van der Waals surface area contributed by atoms with Gasteiger partial charge in [-0.2, -0.15) is 5.10 Å². The third kappa shape index (κ3) is 4.69. The summed E-state index contributed by atoms with van der Waals surface area (Å²) in [5.41, 5.74) is 9.55. The summed E-state index contributed by atoms with van der Waals surface area (Å²) in [5.74, 6) is -0.944. The van der Waals surface area contributed by atoms with Crippen molar-refractivity contribution in [3.8, 4) is 11.1 Å². The van der Waals surface area contributed by atoms with Crippen molar-refractivity contribution in [2.75, 3.05) is 4.90 Å². The number of carbonyl (C=O) groups is 1.